The number of anilines is 1. The summed E-state index contributed by atoms with van der Waals surface area (Å²) < 4.78 is 22.6. The fourth-order valence-corrected chi connectivity index (χ4v) is 3.71. The lowest BCUT2D eigenvalue weighted by Crippen LogP contribution is -2.38. The first-order chi connectivity index (χ1) is 13.0. The molecule has 1 heterocycles. The minimum Gasteiger partial charge on any atom is -0.489 e. The van der Waals surface area contributed by atoms with Gasteiger partial charge in [0, 0.05) is 49.0 Å². The van der Waals surface area contributed by atoms with Crippen molar-refractivity contribution in [2.24, 2.45) is 0 Å². The molecule has 1 saturated heterocycles. The van der Waals surface area contributed by atoms with Crippen molar-refractivity contribution in [3.8, 4) is 5.75 Å². The molecule has 0 aliphatic carbocycles. The molecule has 0 saturated carbocycles. The Balaban J connectivity index is 1.63. The first-order valence-electron chi connectivity index (χ1n) is 8.47. The molecule has 2 aromatic rings. The highest BCUT2D eigenvalue weighted by Crippen LogP contribution is 2.31. The van der Waals surface area contributed by atoms with E-state index < -0.39 is 11.7 Å². The normalized spacial score (nSPS) is 14.9. The second-order valence-corrected chi connectivity index (χ2v) is 7.64. The molecular formula is C19H19Cl2FN2O2S. The fraction of sp³-hybridized carbons (Fsp3) is 0.316. The number of piperidine rings is 1. The van der Waals surface area contributed by atoms with Gasteiger partial charge in [0.1, 0.15) is 17.7 Å². The van der Waals surface area contributed by atoms with Gasteiger partial charge in [0.05, 0.1) is 10.6 Å². The van der Waals surface area contributed by atoms with E-state index in [2.05, 4.69) is 9.62 Å². The molecule has 27 heavy (non-hydrogen) atoms. The van der Waals surface area contributed by atoms with Gasteiger partial charge in [-0.1, -0.05) is 41.2 Å². The van der Waals surface area contributed by atoms with E-state index in [-0.39, 0.29) is 22.4 Å². The van der Waals surface area contributed by atoms with E-state index in [0.717, 1.165) is 43.6 Å². The predicted octanol–water partition coefficient (Wildman–Crippen LogP) is 5.19. The Hall–Kier alpha value is -1.63. The van der Waals surface area contributed by atoms with Crippen LogP contribution in [0, 0.1) is 5.82 Å². The Kier molecular flexibility index (Phi) is 6.73. The summed E-state index contributed by atoms with van der Waals surface area (Å²) in [5, 5.41) is 0.929. The molecule has 1 aliphatic rings. The molecule has 1 aliphatic heterocycles. The van der Waals surface area contributed by atoms with Crippen LogP contribution in [0.1, 0.15) is 23.2 Å². The summed E-state index contributed by atoms with van der Waals surface area (Å²) in [6.07, 6.45) is 3.17. The third-order valence-corrected chi connectivity index (χ3v) is 5.29. The van der Waals surface area contributed by atoms with Crippen LogP contribution in [0.15, 0.2) is 36.4 Å². The molecule has 0 atom stereocenters. The van der Waals surface area contributed by atoms with Crippen molar-refractivity contribution < 1.29 is 13.9 Å². The van der Waals surface area contributed by atoms with Crippen LogP contribution >= 0.6 is 35.1 Å². The zero-order valence-electron chi connectivity index (χ0n) is 14.7. The average molecular weight is 429 g/mol. The molecular weight excluding hydrogens is 410 g/mol. The zero-order valence-corrected chi connectivity index (χ0v) is 17.0. The molecule has 4 nitrogen and oxygen atoms in total. The largest absolute Gasteiger partial charge is 0.489 e. The maximum Gasteiger partial charge on any atom is 0.264 e. The maximum atomic E-state index is 14.2. The van der Waals surface area contributed by atoms with Crippen molar-refractivity contribution >= 4 is 46.7 Å². The lowest BCUT2D eigenvalue weighted by molar-refractivity contribution is 0.0980. The maximum absolute atomic E-state index is 14.2. The predicted molar refractivity (Wildman–Crippen MR) is 110 cm³/mol. The zero-order chi connectivity index (χ0) is 19.4. The van der Waals surface area contributed by atoms with Crippen LogP contribution in [0.4, 0.5) is 10.1 Å². The van der Waals surface area contributed by atoms with E-state index >= 15 is 0 Å². The fourth-order valence-electron chi connectivity index (χ4n) is 3.02. The number of amides is 1. The molecule has 0 aromatic heterocycles. The van der Waals surface area contributed by atoms with Crippen LogP contribution in [0.5, 0.6) is 5.75 Å². The van der Waals surface area contributed by atoms with Crippen molar-refractivity contribution in [3.05, 3.63) is 57.8 Å². The summed E-state index contributed by atoms with van der Waals surface area (Å²) in [6, 6.07) is 10.2. The molecule has 0 radical (unpaired) electrons. The topological polar surface area (TPSA) is 41.6 Å². The van der Waals surface area contributed by atoms with Crippen LogP contribution in [-0.4, -0.2) is 31.4 Å². The van der Waals surface area contributed by atoms with E-state index in [0.29, 0.717) is 5.02 Å². The van der Waals surface area contributed by atoms with Gasteiger partial charge in [0.25, 0.3) is 5.91 Å². The van der Waals surface area contributed by atoms with Gasteiger partial charge < -0.3 is 9.64 Å². The highest BCUT2D eigenvalue weighted by molar-refractivity contribution is 7.97. The second-order valence-electron chi connectivity index (χ2n) is 6.18. The van der Waals surface area contributed by atoms with Gasteiger partial charge in [-0.15, -0.1) is 0 Å². The number of hydrogen-bond donors (Lipinski definition) is 1. The molecule has 3 rings (SSSR count). The third-order valence-electron chi connectivity index (χ3n) is 4.37. The van der Waals surface area contributed by atoms with E-state index in [1.54, 1.807) is 6.26 Å². The van der Waals surface area contributed by atoms with Crippen LogP contribution in [0.25, 0.3) is 0 Å². The highest BCUT2D eigenvalue weighted by atomic mass is 35.5. The Morgan fingerprint density at radius 2 is 2.00 bits per heavy atom. The average Bonchev–Trinajstić information content (AvgIpc) is 2.65. The number of halogens is 3. The van der Waals surface area contributed by atoms with Gasteiger partial charge >= 0.3 is 0 Å². The van der Waals surface area contributed by atoms with Crippen LogP contribution in [0.3, 0.4) is 0 Å². The van der Waals surface area contributed by atoms with Crippen LogP contribution in [-0.2, 0) is 0 Å². The molecule has 144 valence electrons. The van der Waals surface area contributed by atoms with Gasteiger partial charge in [-0.05, 0) is 24.3 Å². The molecule has 0 unspecified atom stereocenters. The molecule has 0 spiro atoms. The van der Waals surface area contributed by atoms with Crippen LogP contribution < -0.4 is 14.4 Å². The van der Waals surface area contributed by atoms with E-state index in [1.807, 2.05) is 24.3 Å². The van der Waals surface area contributed by atoms with Gasteiger partial charge in [-0.3, -0.25) is 9.52 Å². The lowest BCUT2D eigenvalue weighted by atomic mass is 10.1. The van der Waals surface area contributed by atoms with Crippen molar-refractivity contribution in [1.29, 1.82) is 0 Å². The van der Waals surface area contributed by atoms with Gasteiger partial charge in [0.2, 0.25) is 0 Å². The number of nitrogens with one attached hydrogen (secondary N) is 1. The standard InChI is InChI=1S/C19H19Cl2FN2O2S/c1-27-23-19(25)15-10-16(21)18(11-17(15)22)26-14-5-7-24(8-6-14)13-4-2-3-12(20)9-13/h2-4,9-11,14H,5-8H2,1H3,(H,23,25). The Labute approximate surface area is 172 Å². The van der Waals surface area contributed by atoms with Crippen molar-refractivity contribution in [1.82, 2.24) is 4.72 Å². The molecule has 2 aromatic carbocycles. The summed E-state index contributed by atoms with van der Waals surface area (Å²) in [6.45, 7) is 1.61. The smallest absolute Gasteiger partial charge is 0.264 e. The minimum absolute atomic E-state index is 0.0665. The molecule has 1 N–H and O–H groups in total. The van der Waals surface area contributed by atoms with Crippen molar-refractivity contribution in [2.75, 3.05) is 24.2 Å². The quantitative estimate of drug-likeness (QED) is 0.665. The van der Waals surface area contributed by atoms with E-state index in [4.69, 9.17) is 27.9 Å². The number of benzene rings is 2. The van der Waals surface area contributed by atoms with E-state index in [9.17, 15) is 9.18 Å². The second kappa shape index (κ2) is 9.04. The first-order valence-corrected chi connectivity index (χ1v) is 10.5. The molecule has 0 bridgehead atoms. The Bertz CT molecular complexity index is 829. The monoisotopic (exact) mass is 428 g/mol. The number of carbonyl (C=O) groups is 1. The summed E-state index contributed by atoms with van der Waals surface area (Å²) in [5.41, 5.74) is 0.978. The lowest BCUT2D eigenvalue weighted by Gasteiger charge is -2.34. The Morgan fingerprint density at radius 1 is 1.26 bits per heavy atom. The number of rotatable bonds is 5. The molecule has 1 amide bonds. The molecule has 1 fully saturated rings. The van der Waals surface area contributed by atoms with Gasteiger partial charge in [0.15, 0.2) is 0 Å². The van der Waals surface area contributed by atoms with E-state index in [1.165, 1.54) is 12.1 Å². The van der Waals surface area contributed by atoms with Gasteiger partial charge in [-0.2, -0.15) is 0 Å². The Morgan fingerprint density at radius 3 is 2.67 bits per heavy atom. The highest BCUT2D eigenvalue weighted by Gasteiger charge is 2.23. The summed E-state index contributed by atoms with van der Waals surface area (Å²) in [5.74, 6) is -0.920. The third kappa shape index (κ3) is 5.00. The van der Waals surface area contributed by atoms with Gasteiger partial charge in [-0.25, -0.2) is 4.39 Å². The first kappa shape index (κ1) is 20.1. The summed E-state index contributed by atoms with van der Waals surface area (Å²) in [7, 11) is 0. The van der Waals surface area contributed by atoms with Crippen LogP contribution in [0.2, 0.25) is 10.0 Å². The summed E-state index contributed by atoms with van der Waals surface area (Å²) in [4.78, 5) is 14.1. The number of hydrogen-bond acceptors (Lipinski definition) is 4. The van der Waals surface area contributed by atoms with Crippen molar-refractivity contribution in [2.45, 2.75) is 18.9 Å². The molecule has 8 heteroatoms. The summed E-state index contributed by atoms with van der Waals surface area (Å²) >= 11 is 13.4. The SMILES string of the molecule is CSNC(=O)c1cc(Cl)c(OC2CCN(c3cccc(Cl)c3)CC2)cc1F. The minimum atomic E-state index is -0.655. The van der Waals surface area contributed by atoms with Crippen molar-refractivity contribution in [3.63, 3.8) is 0 Å². The number of carbonyl (C=O) groups excluding carboxylic acids is 1. The number of nitrogens with zero attached hydrogens (tertiary/aromatic N) is 1. The number of ether oxygens (including phenoxy) is 1.